The van der Waals surface area contributed by atoms with Crippen molar-refractivity contribution in [3.63, 3.8) is 0 Å². The number of anilines is 2. The zero-order valence-corrected chi connectivity index (χ0v) is 12.4. The molecule has 0 unspecified atom stereocenters. The first-order valence-electron chi connectivity index (χ1n) is 6.76. The molecule has 0 saturated heterocycles. The molecule has 4 heteroatoms. The number of unbranched alkanes of at least 4 members (excludes halogenated alkanes) is 3. The average molecular weight is 277 g/mol. The number of hydrogen-bond donors (Lipinski definition) is 2. The number of hydrogen-bond acceptors (Lipinski definition) is 4. The van der Waals surface area contributed by atoms with E-state index in [1.54, 1.807) is 0 Å². The average Bonchev–Trinajstić information content (AvgIpc) is 2.41. The van der Waals surface area contributed by atoms with Gasteiger partial charge in [-0.3, -0.25) is 0 Å². The lowest BCUT2D eigenvalue weighted by Crippen LogP contribution is -2.03. The van der Waals surface area contributed by atoms with Gasteiger partial charge in [-0.2, -0.15) is 17.0 Å². The molecule has 0 amide bonds. The van der Waals surface area contributed by atoms with Crippen LogP contribution in [0.15, 0.2) is 18.2 Å². The lowest BCUT2D eigenvalue weighted by atomic mass is 10.1. The molecular weight excluding hydrogens is 254 g/mol. The zero-order valence-electron chi connectivity index (χ0n) is 11.6. The Labute approximate surface area is 120 Å². The van der Waals surface area contributed by atoms with Crippen LogP contribution in [0.3, 0.4) is 0 Å². The highest BCUT2D eigenvalue weighted by Gasteiger charge is 2.00. The highest BCUT2D eigenvalue weighted by atomic mass is 32.2. The molecule has 0 bridgehead atoms. The molecule has 1 aromatic rings. The molecule has 104 valence electrons. The lowest BCUT2D eigenvalue weighted by Gasteiger charge is -2.09. The van der Waals surface area contributed by atoms with Crippen molar-refractivity contribution in [2.45, 2.75) is 32.1 Å². The van der Waals surface area contributed by atoms with E-state index in [2.05, 4.69) is 17.6 Å². The summed E-state index contributed by atoms with van der Waals surface area (Å²) in [5.41, 5.74) is 8.48. The molecule has 0 atom stereocenters. The maximum atomic E-state index is 8.72. The fourth-order valence-electron chi connectivity index (χ4n) is 1.91. The molecule has 0 aromatic heterocycles. The molecule has 0 fully saturated rings. The van der Waals surface area contributed by atoms with Gasteiger partial charge in [-0.15, -0.1) is 0 Å². The van der Waals surface area contributed by atoms with E-state index in [1.165, 1.54) is 31.4 Å². The van der Waals surface area contributed by atoms with Crippen LogP contribution in [-0.2, 0) is 6.42 Å². The van der Waals surface area contributed by atoms with E-state index in [1.807, 2.05) is 30.0 Å². The number of nitrogens with one attached hydrogen (secondary N) is 1. The third-order valence-electron chi connectivity index (χ3n) is 3.02. The molecule has 1 aromatic carbocycles. The number of rotatable bonds is 9. The molecule has 0 heterocycles. The Hall–Kier alpha value is -1.34. The fourth-order valence-corrected chi connectivity index (χ4v) is 2.40. The third kappa shape index (κ3) is 6.40. The van der Waals surface area contributed by atoms with Crippen molar-refractivity contribution >= 4 is 23.1 Å². The Morgan fingerprint density at radius 1 is 1.26 bits per heavy atom. The van der Waals surface area contributed by atoms with Crippen molar-refractivity contribution in [1.29, 1.82) is 5.26 Å². The molecule has 0 aliphatic rings. The van der Waals surface area contributed by atoms with Gasteiger partial charge in [-0.25, -0.2) is 0 Å². The van der Waals surface area contributed by atoms with E-state index in [0.717, 1.165) is 17.8 Å². The summed E-state index contributed by atoms with van der Waals surface area (Å²) in [6.07, 6.45) is 7.61. The first-order valence-corrected chi connectivity index (χ1v) is 8.15. The van der Waals surface area contributed by atoms with Crippen molar-refractivity contribution < 1.29 is 0 Å². The van der Waals surface area contributed by atoms with Crippen LogP contribution in [0.4, 0.5) is 11.4 Å². The smallest absolute Gasteiger partial charge is 0.0670 e. The summed E-state index contributed by atoms with van der Waals surface area (Å²) in [5.74, 6) is 1.27. The van der Waals surface area contributed by atoms with Crippen molar-refractivity contribution in [2.75, 3.05) is 29.6 Å². The van der Waals surface area contributed by atoms with Gasteiger partial charge in [0.25, 0.3) is 0 Å². The van der Waals surface area contributed by atoms with Gasteiger partial charge in [0.05, 0.1) is 12.5 Å². The highest BCUT2D eigenvalue weighted by molar-refractivity contribution is 7.98. The predicted molar refractivity (Wildman–Crippen MR) is 85.5 cm³/mol. The van der Waals surface area contributed by atoms with Crippen LogP contribution in [0.5, 0.6) is 0 Å². The number of thioether (sulfide) groups is 1. The van der Waals surface area contributed by atoms with E-state index in [4.69, 9.17) is 11.0 Å². The molecule has 0 saturated carbocycles. The summed E-state index contributed by atoms with van der Waals surface area (Å²) in [5, 5.41) is 12.1. The van der Waals surface area contributed by atoms with Crippen LogP contribution in [-0.4, -0.2) is 18.6 Å². The number of nitriles is 1. The SMILES string of the molecule is CSCCCCCCNc1ccc(N)c(CC#N)c1. The van der Waals surface area contributed by atoms with Gasteiger partial charge in [0.2, 0.25) is 0 Å². The molecule has 0 radical (unpaired) electrons. The van der Waals surface area contributed by atoms with E-state index in [9.17, 15) is 0 Å². The van der Waals surface area contributed by atoms with Gasteiger partial charge < -0.3 is 11.1 Å². The maximum Gasteiger partial charge on any atom is 0.0670 e. The summed E-state index contributed by atoms with van der Waals surface area (Å²) in [6, 6.07) is 7.96. The summed E-state index contributed by atoms with van der Waals surface area (Å²) < 4.78 is 0. The van der Waals surface area contributed by atoms with Gasteiger partial charge in [0.1, 0.15) is 0 Å². The monoisotopic (exact) mass is 277 g/mol. The van der Waals surface area contributed by atoms with E-state index in [-0.39, 0.29) is 0 Å². The van der Waals surface area contributed by atoms with E-state index in [0.29, 0.717) is 12.1 Å². The molecule has 0 spiro atoms. The van der Waals surface area contributed by atoms with Crippen LogP contribution >= 0.6 is 11.8 Å². The molecule has 3 N–H and O–H groups in total. The van der Waals surface area contributed by atoms with Crippen LogP contribution < -0.4 is 11.1 Å². The fraction of sp³-hybridized carbons (Fsp3) is 0.533. The van der Waals surface area contributed by atoms with Crippen LogP contribution in [0, 0.1) is 11.3 Å². The molecule has 0 aliphatic heterocycles. The third-order valence-corrected chi connectivity index (χ3v) is 3.71. The molecule has 0 aliphatic carbocycles. The quantitative estimate of drug-likeness (QED) is 0.534. The number of nitrogens with zero attached hydrogens (tertiary/aromatic N) is 1. The molecule has 19 heavy (non-hydrogen) atoms. The summed E-state index contributed by atoms with van der Waals surface area (Å²) in [6.45, 7) is 0.981. The molecular formula is C15H23N3S. The first-order chi connectivity index (χ1) is 9.27. The minimum Gasteiger partial charge on any atom is -0.398 e. The van der Waals surface area contributed by atoms with Crippen LogP contribution in [0.1, 0.15) is 31.2 Å². The largest absolute Gasteiger partial charge is 0.398 e. The normalized spacial score (nSPS) is 10.1. The second-order valence-corrected chi connectivity index (χ2v) is 5.57. The van der Waals surface area contributed by atoms with Crippen LogP contribution in [0.25, 0.3) is 0 Å². The van der Waals surface area contributed by atoms with Gasteiger partial charge in [0, 0.05) is 17.9 Å². The Kier molecular flexibility index (Phi) is 7.92. The maximum absolute atomic E-state index is 8.72. The van der Waals surface area contributed by atoms with Crippen molar-refractivity contribution in [3.05, 3.63) is 23.8 Å². The number of nitrogen functional groups attached to an aromatic ring is 1. The predicted octanol–water partition coefficient (Wildman–Crippen LogP) is 3.67. The first kappa shape index (κ1) is 15.7. The van der Waals surface area contributed by atoms with Gasteiger partial charge >= 0.3 is 0 Å². The second-order valence-electron chi connectivity index (χ2n) is 4.58. The van der Waals surface area contributed by atoms with Crippen molar-refractivity contribution in [3.8, 4) is 6.07 Å². The van der Waals surface area contributed by atoms with E-state index >= 15 is 0 Å². The van der Waals surface area contributed by atoms with Crippen LogP contribution in [0.2, 0.25) is 0 Å². The summed E-state index contributed by atoms with van der Waals surface area (Å²) in [4.78, 5) is 0. The van der Waals surface area contributed by atoms with Crippen molar-refractivity contribution in [2.24, 2.45) is 0 Å². The van der Waals surface area contributed by atoms with Gasteiger partial charge in [-0.05, 0) is 48.6 Å². The highest BCUT2D eigenvalue weighted by Crippen LogP contribution is 2.18. The Morgan fingerprint density at radius 2 is 2.05 bits per heavy atom. The Balaban J connectivity index is 2.26. The molecule has 3 nitrogen and oxygen atoms in total. The van der Waals surface area contributed by atoms with Crippen molar-refractivity contribution in [1.82, 2.24) is 0 Å². The van der Waals surface area contributed by atoms with Gasteiger partial charge in [-0.1, -0.05) is 12.8 Å². The number of benzene rings is 1. The Morgan fingerprint density at radius 3 is 2.79 bits per heavy atom. The summed E-state index contributed by atoms with van der Waals surface area (Å²) >= 11 is 1.92. The van der Waals surface area contributed by atoms with E-state index < -0.39 is 0 Å². The summed E-state index contributed by atoms with van der Waals surface area (Å²) in [7, 11) is 0. The minimum atomic E-state index is 0.371. The molecule has 1 rings (SSSR count). The zero-order chi connectivity index (χ0) is 13.9. The lowest BCUT2D eigenvalue weighted by molar-refractivity contribution is 0.689. The minimum absolute atomic E-state index is 0.371. The standard InChI is InChI=1S/C15H23N3S/c1-19-11-5-3-2-4-10-18-14-6-7-15(17)13(12-14)8-9-16/h6-7,12,18H,2-5,8,10-11,17H2,1H3. The Bertz CT molecular complexity index is 412. The number of nitrogens with two attached hydrogens (primary N) is 1. The topological polar surface area (TPSA) is 61.8 Å². The second kappa shape index (κ2) is 9.57. The van der Waals surface area contributed by atoms with Gasteiger partial charge in [0.15, 0.2) is 0 Å².